The van der Waals surface area contributed by atoms with Gasteiger partial charge in [-0.25, -0.2) is 0 Å². The van der Waals surface area contributed by atoms with E-state index < -0.39 is 0 Å². The Morgan fingerprint density at radius 1 is 0.769 bits per heavy atom. The Labute approximate surface area is 159 Å². The Morgan fingerprint density at radius 2 is 1.19 bits per heavy atom. The fourth-order valence-electron chi connectivity index (χ4n) is 4.00. The zero-order chi connectivity index (χ0) is 18.8. The van der Waals surface area contributed by atoms with Gasteiger partial charge in [-0.2, -0.15) is 0 Å². The van der Waals surface area contributed by atoms with E-state index in [0.717, 1.165) is 26.4 Å². The van der Waals surface area contributed by atoms with Gasteiger partial charge < -0.3 is 19.6 Å². The van der Waals surface area contributed by atoms with E-state index in [0.29, 0.717) is 12.1 Å². The number of hydrogen-bond donors (Lipinski definition) is 0. The molecule has 0 N–H and O–H groups in total. The molecule has 0 aromatic heterocycles. The molecule has 0 saturated heterocycles. The standard InChI is InChI=1S/C22H34N4/c1-17(2)25-15-23(11-19(25)5)13-21-8-7-9-22(10-21)14-24-12-20(6)26(16-24)18(3)4/h7-12,17-18H,13-16H2,1-6H3. The van der Waals surface area contributed by atoms with Gasteiger partial charge in [0, 0.05) is 49.0 Å². The number of hydrogen-bond acceptors (Lipinski definition) is 4. The van der Waals surface area contributed by atoms with Crippen molar-refractivity contribution in [1.82, 2.24) is 19.6 Å². The normalized spacial score (nSPS) is 17.7. The molecular weight excluding hydrogens is 320 g/mol. The average molecular weight is 355 g/mol. The first-order valence-corrected chi connectivity index (χ1v) is 9.79. The Morgan fingerprint density at radius 3 is 1.54 bits per heavy atom. The van der Waals surface area contributed by atoms with Gasteiger partial charge in [0.15, 0.2) is 0 Å². The van der Waals surface area contributed by atoms with Crippen LogP contribution in [-0.2, 0) is 13.1 Å². The molecule has 0 spiro atoms. The summed E-state index contributed by atoms with van der Waals surface area (Å²) in [5, 5.41) is 0. The molecule has 3 rings (SSSR count). The zero-order valence-electron chi connectivity index (χ0n) is 17.2. The van der Waals surface area contributed by atoms with Crippen molar-refractivity contribution >= 4 is 0 Å². The molecule has 2 aliphatic heterocycles. The van der Waals surface area contributed by atoms with Gasteiger partial charge in [0.25, 0.3) is 0 Å². The molecule has 0 amide bonds. The molecule has 0 unspecified atom stereocenters. The van der Waals surface area contributed by atoms with E-state index in [-0.39, 0.29) is 0 Å². The van der Waals surface area contributed by atoms with Crippen molar-refractivity contribution in [3.8, 4) is 0 Å². The second kappa shape index (κ2) is 7.65. The van der Waals surface area contributed by atoms with Gasteiger partial charge in [0.2, 0.25) is 0 Å². The Bertz CT molecular complexity index is 634. The van der Waals surface area contributed by atoms with Gasteiger partial charge in [-0.15, -0.1) is 0 Å². The summed E-state index contributed by atoms with van der Waals surface area (Å²) in [4.78, 5) is 9.72. The summed E-state index contributed by atoms with van der Waals surface area (Å²) in [7, 11) is 0. The number of benzene rings is 1. The van der Waals surface area contributed by atoms with Crippen molar-refractivity contribution in [2.45, 2.75) is 66.7 Å². The molecule has 4 heteroatoms. The van der Waals surface area contributed by atoms with Crippen molar-refractivity contribution in [3.05, 3.63) is 59.2 Å². The maximum atomic E-state index is 2.45. The fraction of sp³-hybridized carbons (Fsp3) is 0.545. The molecule has 4 nitrogen and oxygen atoms in total. The monoisotopic (exact) mass is 354 g/mol. The van der Waals surface area contributed by atoms with E-state index in [4.69, 9.17) is 0 Å². The first kappa shape index (κ1) is 18.7. The van der Waals surface area contributed by atoms with Crippen LogP contribution in [0.5, 0.6) is 0 Å². The molecule has 142 valence electrons. The van der Waals surface area contributed by atoms with Crippen molar-refractivity contribution < 1.29 is 0 Å². The van der Waals surface area contributed by atoms with Crippen LogP contribution < -0.4 is 0 Å². The third-order valence-electron chi connectivity index (χ3n) is 5.32. The molecule has 1 aromatic carbocycles. The second-order valence-electron chi connectivity index (χ2n) is 8.26. The van der Waals surface area contributed by atoms with E-state index in [2.05, 4.69) is 97.8 Å². The van der Waals surface area contributed by atoms with Gasteiger partial charge in [-0.05, 0) is 52.7 Å². The van der Waals surface area contributed by atoms with E-state index in [1.165, 1.54) is 22.5 Å². The van der Waals surface area contributed by atoms with E-state index in [1.54, 1.807) is 0 Å². The highest BCUT2D eigenvalue weighted by molar-refractivity contribution is 5.25. The van der Waals surface area contributed by atoms with Gasteiger partial charge in [0.05, 0.1) is 13.3 Å². The number of rotatable bonds is 6. The van der Waals surface area contributed by atoms with Crippen LogP contribution in [0.4, 0.5) is 0 Å². The van der Waals surface area contributed by atoms with Crippen LogP contribution in [0.1, 0.15) is 52.7 Å². The summed E-state index contributed by atoms with van der Waals surface area (Å²) < 4.78 is 0. The molecule has 2 aliphatic rings. The van der Waals surface area contributed by atoms with Crippen LogP contribution in [0.2, 0.25) is 0 Å². The highest BCUT2D eigenvalue weighted by atomic mass is 15.4. The topological polar surface area (TPSA) is 13.0 Å². The second-order valence-corrected chi connectivity index (χ2v) is 8.26. The molecule has 0 atom stereocenters. The SMILES string of the molecule is CC1=CN(Cc2cccc(CN3C=C(C)N(C(C)C)C3)c2)CN1C(C)C. The van der Waals surface area contributed by atoms with Crippen LogP contribution in [0.3, 0.4) is 0 Å². The van der Waals surface area contributed by atoms with Crippen molar-refractivity contribution in [1.29, 1.82) is 0 Å². The van der Waals surface area contributed by atoms with Gasteiger partial charge in [0.1, 0.15) is 0 Å². The van der Waals surface area contributed by atoms with Crippen LogP contribution in [0.25, 0.3) is 0 Å². The lowest BCUT2D eigenvalue weighted by atomic mass is 10.1. The minimum absolute atomic E-state index is 0.552. The molecule has 0 radical (unpaired) electrons. The lowest BCUT2D eigenvalue weighted by Gasteiger charge is -2.27. The van der Waals surface area contributed by atoms with Crippen LogP contribution in [0, 0.1) is 0 Å². The summed E-state index contributed by atoms with van der Waals surface area (Å²) in [6.45, 7) is 17.4. The average Bonchev–Trinajstić information content (AvgIpc) is 3.10. The van der Waals surface area contributed by atoms with Gasteiger partial charge in [-0.1, -0.05) is 24.3 Å². The first-order chi connectivity index (χ1) is 12.3. The van der Waals surface area contributed by atoms with Crippen molar-refractivity contribution in [2.24, 2.45) is 0 Å². The maximum absolute atomic E-state index is 2.45. The van der Waals surface area contributed by atoms with E-state index in [1.807, 2.05) is 0 Å². The van der Waals surface area contributed by atoms with Gasteiger partial charge in [-0.3, -0.25) is 0 Å². The van der Waals surface area contributed by atoms with Crippen LogP contribution in [0.15, 0.2) is 48.1 Å². The zero-order valence-corrected chi connectivity index (χ0v) is 17.2. The summed E-state index contributed by atoms with van der Waals surface area (Å²) in [5.74, 6) is 0. The van der Waals surface area contributed by atoms with E-state index >= 15 is 0 Å². The molecule has 0 saturated carbocycles. The van der Waals surface area contributed by atoms with Crippen LogP contribution in [-0.4, -0.2) is 45.0 Å². The predicted molar refractivity (Wildman–Crippen MR) is 109 cm³/mol. The number of nitrogens with zero attached hydrogens (tertiary/aromatic N) is 4. The first-order valence-electron chi connectivity index (χ1n) is 9.79. The maximum Gasteiger partial charge on any atom is 0.0902 e. The highest BCUT2D eigenvalue weighted by Crippen LogP contribution is 2.23. The third kappa shape index (κ3) is 4.17. The Balaban J connectivity index is 1.61. The summed E-state index contributed by atoms with van der Waals surface area (Å²) in [6.07, 6.45) is 4.58. The molecule has 0 aliphatic carbocycles. The molecule has 0 bridgehead atoms. The Hall–Kier alpha value is -2.10. The van der Waals surface area contributed by atoms with Crippen LogP contribution >= 0.6 is 0 Å². The highest BCUT2D eigenvalue weighted by Gasteiger charge is 2.21. The molecule has 2 heterocycles. The largest absolute Gasteiger partial charge is 0.354 e. The minimum Gasteiger partial charge on any atom is -0.354 e. The lowest BCUT2D eigenvalue weighted by Crippen LogP contribution is -2.32. The van der Waals surface area contributed by atoms with Crippen molar-refractivity contribution in [3.63, 3.8) is 0 Å². The molecular formula is C22H34N4. The summed E-state index contributed by atoms with van der Waals surface area (Å²) >= 11 is 0. The molecule has 1 aromatic rings. The van der Waals surface area contributed by atoms with Gasteiger partial charge >= 0.3 is 0 Å². The summed E-state index contributed by atoms with van der Waals surface area (Å²) in [6, 6.07) is 10.2. The molecule has 26 heavy (non-hydrogen) atoms. The fourth-order valence-corrected chi connectivity index (χ4v) is 4.00. The molecule has 0 fully saturated rings. The van der Waals surface area contributed by atoms with E-state index in [9.17, 15) is 0 Å². The summed E-state index contributed by atoms with van der Waals surface area (Å²) in [5.41, 5.74) is 5.50. The smallest absolute Gasteiger partial charge is 0.0902 e. The third-order valence-corrected chi connectivity index (χ3v) is 5.32. The van der Waals surface area contributed by atoms with Crippen molar-refractivity contribution in [2.75, 3.05) is 13.3 Å². The quantitative estimate of drug-likeness (QED) is 0.752. The predicted octanol–water partition coefficient (Wildman–Crippen LogP) is 4.38. The minimum atomic E-state index is 0.552. The Kier molecular flexibility index (Phi) is 5.49. The lowest BCUT2D eigenvalue weighted by molar-refractivity contribution is 0.213. The number of allylic oxidation sites excluding steroid dienone is 2.